The highest BCUT2D eigenvalue weighted by molar-refractivity contribution is 6.43. The summed E-state index contributed by atoms with van der Waals surface area (Å²) in [5.41, 5.74) is 0.282. The highest BCUT2D eigenvalue weighted by Crippen LogP contribution is 2.30. The van der Waals surface area contributed by atoms with Crippen LogP contribution in [0.3, 0.4) is 0 Å². The zero-order valence-corrected chi connectivity index (χ0v) is 8.88. The molecule has 1 aromatic carbocycles. The minimum Gasteiger partial charge on any atom is -0.478 e. The number of nitrogens with zero attached hydrogens (tertiary/aromatic N) is 1. The van der Waals surface area contributed by atoms with E-state index < -0.39 is 5.97 Å². The lowest BCUT2D eigenvalue weighted by atomic mass is 10.1. The molecular weight excluding hydrogens is 237 g/mol. The van der Waals surface area contributed by atoms with E-state index in [0.29, 0.717) is 5.56 Å². The van der Waals surface area contributed by atoms with E-state index in [4.69, 9.17) is 33.6 Å². The third-order valence-corrected chi connectivity index (χ3v) is 2.45. The first kappa shape index (κ1) is 11.6. The van der Waals surface area contributed by atoms with Crippen LogP contribution in [0.1, 0.15) is 5.56 Å². The van der Waals surface area contributed by atoms with Crippen molar-refractivity contribution in [3.8, 4) is 6.07 Å². The van der Waals surface area contributed by atoms with Crippen molar-refractivity contribution in [2.24, 2.45) is 0 Å². The summed E-state index contributed by atoms with van der Waals surface area (Å²) in [5.74, 6) is -1.21. The van der Waals surface area contributed by atoms with Crippen molar-refractivity contribution < 1.29 is 9.90 Å². The van der Waals surface area contributed by atoms with E-state index in [1.165, 1.54) is 6.07 Å². The number of rotatable bonds is 2. The van der Waals surface area contributed by atoms with Gasteiger partial charge in [-0.15, -0.1) is 0 Å². The Balaban J connectivity index is 3.33. The van der Waals surface area contributed by atoms with Crippen LogP contribution in [0.5, 0.6) is 0 Å². The summed E-state index contributed by atoms with van der Waals surface area (Å²) in [5, 5.41) is 17.7. The summed E-state index contributed by atoms with van der Waals surface area (Å²) in [4.78, 5) is 10.4. The molecule has 0 saturated carbocycles. The van der Waals surface area contributed by atoms with Crippen LogP contribution in [0.4, 0.5) is 0 Å². The smallest absolute Gasteiger partial charge is 0.329 e. The van der Waals surface area contributed by atoms with Crippen LogP contribution in [0.25, 0.3) is 5.57 Å². The van der Waals surface area contributed by atoms with Gasteiger partial charge < -0.3 is 5.11 Å². The number of halogens is 2. The first-order valence-corrected chi connectivity index (χ1v) is 4.61. The Bertz CT molecular complexity index is 475. The van der Waals surface area contributed by atoms with Gasteiger partial charge in [0.15, 0.2) is 0 Å². The summed E-state index contributed by atoms with van der Waals surface area (Å²) in [7, 11) is 0. The van der Waals surface area contributed by atoms with E-state index in [9.17, 15) is 4.79 Å². The molecule has 1 N–H and O–H groups in total. The maximum Gasteiger partial charge on any atom is 0.329 e. The molecule has 0 heterocycles. The molecule has 5 heteroatoms. The second-order valence-electron chi connectivity index (χ2n) is 2.61. The van der Waals surface area contributed by atoms with Crippen LogP contribution in [0, 0.1) is 11.3 Å². The summed E-state index contributed by atoms with van der Waals surface area (Å²) in [6.07, 6.45) is 0.789. The quantitative estimate of drug-likeness (QED) is 0.640. The van der Waals surface area contributed by atoms with Crippen LogP contribution >= 0.6 is 23.2 Å². The normalized spacial score (nSPS) is 10.9. The zero-order chi connectivity index (χ0) is 11.4. The molecule has 1 aromatic rings. The molecule has 0 unspecified atom stereocenters. The van der Waals surface area contributed by atoms with Crippen molar-refractivity contribution in [2.75, 3.05) is 0 Å². The van der Waals surface area contributed by atoms with Gasteiger partial charge in [0, 0.05) is 11.6 Å². The van der Waals surface area contributed by atoms with Gasteiger partial charge in [0.05, 0.1) is 15.6 Å². The Hall–Kier alpha value is -1.50. The van der Waals surface area contributed by atoms with Crippen molar-refractivity contribution in [3.05, 3.63) is 39.9 Å². The third-order valence-electron chi connectivity index (χ3n) is 1.63. The van der Waals surface area contributed by atoms with Gasteiger partial charge in [0.2, 0.25) is 0 Å². The summed E-state index contributed by atoms with van der Waals surface area (Å²) in [6.45, 7) is 0. The average Bonchev–Trinajstić information content (AvgIpc) is 2.19. The van der Waals surface area contributed by atoms with Crippen molar-refractivity contribution >= 4 is 34.7 Å². The van der Waals surface area contributed by atoms with Gasteiger partial charge in [-0.2, -0.15) is 5.26 Å². The van der Waals surface area contributed by atoms with Crippen LogP contribution in [0.2, 0.25) is 10.0 Å². The Kier molecular flexibility index (Phi) is 3.73. The fraction of sp³-hybridized carbons (Fsp3) is 0. The number of carboxylic acid groups (broad SMARTS) is 1. The molecule has 0 aliphatic heterocycles. The largest absolute Gasteiger partial charge is 0.478 e. The van der Waals surface area contributed by atoms with Gasteiger partial charge in [-0.25, -0.2) is 4.79 Å². The molecule has 0 saturated heterocycles. The van der Waals surface area contributed by atoms with Gasteiger partial charge in [0.1, 0.15) is 6.07 Å². The number of hydrogen-bond acceptors (Lipinski definition) is 2. The van der Waals surface area contributed by atoms with Crippen LogP contribution in [-0.2, 0) is 4.79 Å². The highest BCUT2D eigenvalue weighted by atomic mass is 35.5. The van der Waals surface area contributed by atoms with E-state index in [0.717, 1.165) is 6.08 Å². The summed E-state index contributed by atoms with van der Waals surface area (Å²) < 4.78 is 0. The molecule has 0 atom stereocenters. The average molecular weight is 242 g/mol. The number of aliphatic carboxylic acids is 1. The third kappa shape index (κ3) is 2.72. The predicted molar refractivity (Wildman–Crippen MR) is 57.7 cm³/mol. The molecule has 0 aromatic heterocycles. The van der Waals surface area contributed by atoms with Crippen LogP contribution in [0.15, 0.2) is 24.3 Å². The van der Waals surface area contributed by atoms with Crippen molar-refractivity contribution in [2.45, 2.75) is 0 Å². The fourth-order valence-electron chi connectivity index (χ4n) is 1.01. The lowest BCUT2D eigenvalue weighted by Crippen LogP contribution is -1.92. The lowest BCUT2D eigenvalue weighted by molar-refractivity contribution is -0.131. The number of benzene rings is 1. The Labute approximate surface area is 96.2 Å². The topological polar surface area (TPSA) is 61.1 Å². The number of hydrogen-bond donors (Lipinski definition) is 1. The molecule has 0 aliphatic rings. The van der Waals surface area contributed by atoms with E-state index in [-0.39, 0.29) is 15.6 Å². The van der Waals surface area contributed by atoms with Crippen LogP contribution in [-0.4, -0.2) is 11.1 Å². The molecule has 0 radical (unpaired) electrons. The van der Waals surface area contributed by atoms with E-state index in [1.807, 2.05) is 0 Å². The van der Waals surface area contributed by atoms with Crippen molar-refractivity contribution in [1.82, 2.24) is 0 Å². The first-order valence-electron chi connectivity index (χ1n) is 3.85. The first-order chi connectivity index (χ1) is 7.06. The van der Waals surface area contributed by atoms with E-state index >= 15 is 0 Å². The minimum atomic E-state index is -1.21. The molecule has 0 fully saturated rings. The number of carboxylic acids is 1. The molecule has 0 bridgehead atoms. The molecule has 3 nitrogen and oxygen atoms in total. The highest BCUT2D eigenvalue weighted by Gasteiger charge is 2.09. The summed E-state index contributed by atoms with van der Waals surface area (Å²) in [6, 6.07) is 6.44. The van der Waals surface area contributed by atoms with Crippen LogP contribution < -0.4 is 0 Å². The Morgan fingerprint density at radius 2 is 2.13 bits per heavy atom. The second-order valence-corrected chi connectivity index (χ2v) is 3.39. The van der Waals surface area contributed by atoms with Gasteiger partial charge in [-0.05, 0) is 6.07 Å². The van der Waals surface area contributed by atoms with E-state index in [2.05, 4.69) is 0 Å². The number of carbonyl (C=O) groups is 1. The molecule has 1 rings (SSSR count). The molecule has 0 aliphatic carbocycles. The standard InChI is InChI=1S/C10H5Cl2NO2/c11-8-3-1-2-7(10(8)12)6(5-13)4-9(14)15/h1-4H,(H,14,15). The maximum atomic E-state index is 10.4. The van der Waals surface area contributed by atoms with Gasteiger partial charge >= 0.3 is 5.97 Å². The number of allylic oxidation sites excluding steroid dienone is 1. The van der Waals surface area contributed by atoms with Gasteiger partial charge in [0.25, 0.3) is 0 Å². The molecule has 76 valence electrons. The fourth-order valence-corrected chi connectivity index (χ4v) is 1.41. The zero-order valence-electron chi connectivity index (χ0n) is 7.37. The number of nitriles is 1. The van der Waals surface area contributed by atoms with Crippen molar-refractivity contribution in [1.29, 1.82) is 5.26 Å². The van der Waals surface area contributed by atoms with Crippen molar-refractivity contribution in [3.63, 3.8) is 0 Å². The van der Waals surface area contributed by atoms with Gasteiger partial charge in [-0.3, -0.25) is 0 Å². The predicted octanol–water partition coefficient (Wildman–Crippen LogP) is 2.98. The SMILES string of the molecule is N#CC(=CC(=O)O)c1cccc(Cl)c1Cl. The summed E-state index contributed by atoms with van der Waals surface area (Å²) >= 11 is 11.6. The second kappa shape index (κ2) is 4.83. The maximum absolute atomic E-state index is 10.4. The van der Waals surface area contributed by atoms with E-state index in [1.54, 1.807) is 18.2 Å². The molecular formula is C10H5Cl2NO2. The Morgan fingerprint density at radius 1 is 1.47 bits per heavy atom. The minimum absolute atomic E-state index is 0.0324. The lowest BCUT2D eigenvalue weighted by Gasteiger charge is -2.02. The van der Waals surface area contributed by atoms with Gasteiger partial charge in [-0.1, -0.05) is 35.3 Å². The molecule has 0 spiro atoms. The molecule has 0 amide bonds. The molecule has 15 heavy (non-hydrogen) atoms. The monoisotopic (exact) mass is 241 g/mol. The Morgan fingerprint density at radius 3 is 2.67 bits per heavy atom.